The Balaban J connectivity index is 1.88. The minimum absolute atomic E-state index is 0.0293. The molecule has 2 fully saturated rings. The molecule has 0 aromatic heterocycles. The Bertz CT molecular complexity index is 1290. The molecule has 3 rings (SSSR count). The van der Waals surface area contributed by atoms with Crippen LogP contribution in [-0.4, -0.2) is 150 Å². The third kappa shape index (κ3) is 13.6. The summed E-state index contributed by atoms with van der Waals surface area (Å²) in [6, 6.07) is -0.753. The maximum atomic E-state index is 12.9. The molecule has 16 atom stereocenters. The van der Waals surface area contributed by atoms with Crippen molar-refractivity contribution in [2.45, 2.75) is 179 Å². The summed E-state index contributed by atoms with van der Waals surface area (Å²) in [5.41, 5.74) is -1.48. The number of esters is 2. The smallest absolute Gasteiger partial charge is 0.308 e. The second-order valence-corrected chi connectivity index (χ2v) is 16.7. The van der Waals surface area contributed by atoms with E-state index in [-0.39, 0.29) is 31.6 Å². The second-order valence-electron chi connectivity index (χ2n) is 16.7. The zero-order valence-electron chi connectivity index (χ0n) is 34.9. The van der Waals surface area contributed by atoms with E-state index in [1.807, 2.05) is 26.8 Å². The van der Waals surface area contributed by atoms with Gasteiger partial charge in [0.25, 0.3) is 0 Å². The van der Waals surface area contributed by atoms with Gasteiger partial charge in [-0.05, 0) is 72.4 Å². The average molecular weight is 800 g/mol. The molecule has 0 aromatic rings. The van der Waals surface area contributed by atoms with Crippen molar-refractivity contribution in [3.8, 4) is 0 Å². The van der Waals surface area contributed by atoms with Crippen molar-refractivity contribution in [2.75, 3.05) is 21.2 Å². The molecule has 2 saturated heterocycles. The van der Waals surface area contributed by atoms with Crippen molar-refractivity contribution < 1.29 is 68.0 Å². The van der Waals surface area contributed by atoms with Crippen LogP contribution in [0.25, 0.3) is 0 Å². The number of rotatable bonds is 12. The van der Waals surface area contributed by atoms with E-state index in [0.29, 0.717) is 18.8 Å². The number of hydrogen-bond donors (Lipinski definition) is 4. The highest BCUT2D eigenvalue weighted by molar-refractivity contribution is 5.70. The number of likely N-dealkylation sites (N-methyl/N-ethyl adjacent to an activating group) is 1. The molecule has 322 valence electrons. The van der Waals surface area contributed by atoms with Crippen LogP contribution in [0.1, 0.15) is 93.4 Å². The fraction of sp³-hybridized carbons (Fsp3) is 0.829. The SMILES string of the molecule is CO[C@@H]1[C@@H](OC2OC(C)C(OC3CC(C)(O)C(OC(=O)CCC(C)C)C(C)O3)C(N(C)C)C2O)[C@@H](CC=O)C[C@@H](C)[C@@H](O)/C=C/C=C\C[C@H](C)OC(=O)C[C@H]1O. The summed E-state index contributed by atoms with van der Waals surface area (Å²) < 4.78 is 42.5. The highest BCUT2D eigenvalue weighted by Crippen LogP contribution is 2.37. The lowest BCUT2D eigenvalue weighted by Crippen LogP contribution is -2.66. The molecule has 0 aliphatic carbocycles. The van der Waals surface area contributed by atoms with E-state index in [1.165, 1.54) is 7.11 Å². The molecule has 4 N–H and O–H groups in total. The van der Waals surface area contributed by atoms with Crippen LogP contribution in [0.2, 0.25) is 0 Å². The summed E-state index contributed by atoms with van der Waals surface area (Å²) >= 11 is 0. The number of allylic oxidation sites excluding steroid dienone is 2. The van der Waals surface area contributed by atoms with Gasteiger partial charge < -0.3 is 63.3 Å². The number of methoxy groups -OCH3 is 1. The van der Waals surface area contributed by atoms with Gasteiger partial charge in [-0.2, -0.15) is 0 Å². The predicted molar refractivity (Wildman–Crippen MR) is 205 cm³/mol. The van der Waals surface area contributed by atoms with Crippen LogP contribution < -0.4 is 0 Å². The highest BCUT2D eigenvalue weighted by Gasteiger charge is 2.52. The zero-order chi connectivity index (χ0) is 41.9. The van der Waals surface area contributed by atoms with Crippen molar-refractivity contribution in [3.63, 3.8) is 0 Å². The van der Waals surface area contributed by atoms with Gasteiger partial charge >= 0.3 is 11.9 Å². The first kappa shape index (κ1) is 48.1. The number of aliphatic hydroxyl groups is 4. The van der Waals surface area contributed by atoms with Gasteiger partial charge in [-0.25, -0.2) is 0 Å². The van der Waals surface area contributed by atoms with Crippen LogP contribution >= 0.6 is 0 Å². The van der Waals surface area contributed by atoms with Gasteiger partial charge in [0.2, 0.25) is 0 Å². The summed E-state index contributed by atoms with van der Waals surface area (Å²) in [5, 5.41) is 45.8. The minimum Gasteiger partial charge on any atom is -0.462 e. The Labute approximate surface area is 332 Å². The molecule has 15 heteroatoms. The summed E-state index contributed by atoms with van der Waals surface area (Å²) in [6.07, 6.45) is -3.23. The molecule has 0 aromatic carbocycles. The number of carbonyl (C=O) groups is 3. The Morgan fingerprint density at radius 3 is 2.34 bits per heavy atom. The van der Waals surface area contributed by atoms with Crippen LogP contribution in [-0.2, 0) is 47.5 Å². The number of cyclic esters (lactones) is 1. The molecule has 0 spiro atoms. The summed E-state index contributed by atoms with van der Waals surface area (Å²) in [7, 11) is 4.87. The first-order valence-electron chi connectivity index (χ1n) is 20.0. The first-order valence-corrected chi connectivity index (χ1v) is 20.0. The Morgan fingerprint density at radius 2 is 1.73 bits per heavy atom. The normalized spacial score (nSPS) is 41.9. The van der Waals surface area contributed by atoms with E-state index in [1.54, 1.807) is 64.9 Å². The third-order valence-electron chi connectivity index (χ3n) is 11.0. The van der Waals surface area contributed by atoms with Gasteiger partial charge in [0.1, 0.15) is 36.3 Å². The molecule has 3 aliphatic rings. The van der Waals surface area contributed by atoms with Gasteiger partial charge in [0.15, 0.2) is 18.7 Å². The average Bonchev–Trinajstić information content (AvgIpc) is 3.09. The van der Waals surface area contributed by atoms with E-state index >= 15 is 0 Å². The monoisotopic (exact) mass is 799 g/mol. The molecule has 3 aliphatic heterocycles. The van der Waals surface area contributed by atoms with E-state index in [4.69, 9.17) is 33.2 Å². The number of ether oxygens (including phenoxy) is 7. The van der Waals surface area contributed by atoms with E-state index in [2.05, 4.69) is 0 Å². The first-order chi connectivity index (χ1) is 26.3. The third-order valence-corrected chi connectivity index (χ3v) is 11.0. The van der Waals surface area contributed by atoms with Gasteiger partial charge in [0, 0.05) is 32.8 Å². The fourth-order valence-corrected chi connectivity index (χ4v) is 7.86. The molecular formula is C41H69NO14. The van der Waals surface area contributed by atoms with Crippen molar-refractivity contribution in [3.05, 3.63) is 24.3 Å². The van der Waals surface area contributed by atoms with E-state index in [9.17, 15) is 34.8 Å². The molecule has 0 radical (unpaired) electrons. The van der Waals surface area contributed by atoms with Gasteiger partial charge in [-0.1, -0.05) is 45.1 Å². The highest BCUT2D eigenvalue weighted by atomic mass is 16.7. The van der Waals surface area contributed by atoms with Gasteiger partial charge in [0.05, 0.1) is 43.0 Å². The van der Waals surface area contributed by atoms with Crippen LogP contribution in [0.15, 0.2) is 24.3 Å². The van der Waals surface area contributed by atoms with Crippen molar-refractivity contribution >= 4 is 18.2 Å². The van der Waals surface area contributed by atoms with Gasteiger partial charge in [-0.15, -0.1) is 0 Å². The fourth-order valence-electron chi connectivity index (χ4n) is 7.86. The molecule has 3 heterocycles. The largest absolute Gasteiger partial charge is 0.462 e. The standard InChI is InChI=1S/C41H69NO14/c1-23(2)16-17-31(46)54-39-27(6)52-33(22-41(39,7)49)55-36-26(5)53-40(35(48)34(36)42(8)9)56-37-28(18-19-43)20-24(3)29(44)15-13-11-12-14-25(4)51-32(47)21-30(45)38(37)50-10/h11-13,15,19,23-30,33-40,44-45,48-49H,14,16-18,20-22H2,1-10H3/b12-11-,15-13+/t24-,25+,26?,27?,28+,29+,30-,33?,34?,35?,36?,37+,38+,39?,40?,41?/m1/s1. The van der Waals surface area contributed by atoms with Crippen molar-refractivity contribution in [1.29, 1.82) is 0 Å². The Morgan fingerprint density at radius 1 is 1.04 bits per heavy atom. The Hall–Kier alpha value is -2.31. The molecular weight excluding hydrogens is 730 g/mol. The van der Waals surface area contributed by atoms with E-state index in [0.717, 1.165) is 6.29 Å². The summed E-state index contributed by atoms with van der Waals surface area (Å²) in [4.78, 5) is 39.4. The number of aldehydes is 1. The maximum Gasteiger partial charge on any atom is 0.308 e. The van der Waals surface area contributed by atoms with Crippen LogP contribution in [0.5, 0.6) is 0 Å². The van der Waals surface area contributed by atoms with Crippen molar-refractivity contribution in [2.24, 2.45) is 17.8 Å². The van der Waals surface area contributed by atoms with Crippen LogP contribution in [0, 0.1) is 17.8 Å². The van der Waals surface area contributed by atoms with Gasteiger partial charge in [-0.3, -0.25) is 9.59 Å². The summed E-state index contributed by atoms with van der Waals surface area (Å²) in [6.45, 7) is 12.6. The number of hydrogen-bond acceptors (Lipinski definition) is 15. The lowest BCUT2D eigenvalue weighted by molar-refractivity contribution is -0.344. The predicted octanol–water partition coefficient (Wildman–Crippen LogP) is 2.83. The number of carbonyl (C=O) groups excluding carboxylic acids is 3. The quantitative estimate of drug-likeness (QED) is 0.166. The molecule has 9 unspecified atom stereocenters. The maximum absolute atomic E-state index is 12.9. The Kier molecular flexibility index (Phi) is 19.0. The van der Waals surface area contributed by atoms with Crippen molar-refractivity contribution in [1.82, 2.24) is 4.90 Å². The lowest BCUT2D eigenvalue weighted by atomic mass is 9.82. The summed E-state index contributed by atoms with van der Waals surface area (Å²) in [5.74, 6) is -1.78. The molecule has 0 amide bonds. The van der Waals surface area contributed by atoms with E-state index < -0.39 is 110 Å². The van der Waals surface area contributed by atoms with Crippen LogP contribution in [0.3, 0.4) is 0 Å². The lowest BCUT2D eigenvalue weighted by Gasteiger charge is -2.50. The number of aliphatic hydroxyl groups excluding tert-OH is 3. The topological polar surface area (TPSA) is 200 Å². The van der Waals surface area contributed by atoms with Crippen LogP contribution in [0.4, 0.5) is 0 Å². The molecule has 0 bridgehead atoms. The second kappa shape index (κ2) is 22.2. The number of nitrogens with zero attached hydrogens (tertiary/aromatic N) is 1. The molecule has 15 nitrogen and oxygen atoms in total. The molecule has 56 heavy (non-hydrogen) atoms. The molecule has 0 saturated carbocycles. The minimum atomic E-state index is -1.48. The zero-order valence-corrected chi connectivity index (χ0v) is 34.9.